The van der Waals surface area contributed by atoms with Crippen molar-refractivity contribution >= 4 is 20.2 Å². The van der Waals surface area contributed by atoms with Gasteiger partial charge in [0.2, 0.25) is 6.29 Å². The molecule has 0 aliphatic carbocycles. The second-order valence-corrected chi connectivity index (χ2v) is 6.18. The highest BCUT2D eigenvalue weighted by atomic mass is 32.2. The summed E-state index contributed by atoms with van der Waals surface area (Å²) in [5, 5.41) is 9.11. The third-order valence-corrected chi connectivity index (χ3v) is 2.28. The third kappa shape index (κ3) is 8.72. The van der Waals surface area contributed by atoms with Gasteiger partial charge in [-0.15, -0.1) is 0 Å². The van der Waals surface area contributed by atoms with Gasteiger partial charge < -0.3 is 10.8 Å². The van der Waals surface area contributed by atoms with E-state index in [-0.39, 0.29) is 0 Å². The Labute approximate surface area is 88.2 Å². The molecule has 10 heteroatoms. The van der Waals surface area contributed by atoms with E-state index < -0.39 is 39.2 Å². The Kier molecular flexibility index (Phi) is 5.09. The molecule has 0 radical (unpaired) electrons. The van der Waals surface area contributed by atoms with E-state index in [0.717, 1.165) is 12.5 Å². The van der Waals surface area contributed by atoms with Crippen molar-refractivity contribution in [3.05, 3.63) is 0 Å². The summed E-state index contributed by atoms with van der Waals surface area (Å²) in [6.45, 7) is -0.463. The molecule has 0 aromatic carbocycles. The van der Waals surface area contributed by atoms with Crippen molar-refractivity contribution in [1.29, 1.82) is 0 Å². The van der Waals surface area contributed by atoms with E-state index in [0.29, 0.717) is 0 Å². The molecule has 2 atom stereocenters. The number of hydrogen-bond donors (Lipinski definition) is 2. The number of hydrogen-bond acceptors (Lipinski definition) is 7. The smallest absolute Gasteiger partial charge is 0.267 e. The van der Waals surface area contributed by atoms with Gasteiger partial charge in [-0.1, -0.05) is 0 Å². The van der Waals surface area contributed by atoms with Crippen molar-refractivity contribution < 1.29 is 36.0 Å². The average molecular weight is 264 g/mol. The Hall–Kier alpha value is -0.260. The summed E-state index contributed by atoms with van der Waals surface area (Å²) >= 11 is 0. The fourth-order valence-electron chi connectivity index (χ4n) is 0.551. The van der Waals surface area contributed by atoms with Crippen molar-refractivity contribution in [2.24, 2.45) is 0 Å². The molecular weight excluding hydrogens is 250 g/mol. The van der Waals surface area contributed by atoms with Crippen LogP contribution in [0.2, 0.25) is 0 Å². The zero-order chi connectivity index (χ0) is 12.3. The lowest BCUT2D eigenvalue weighted by Gasteiger charge is -2.14. The quantitative estimate of drug-likeness (QED) is 0.382. The van der Waals surface area contributed by atoms with Crippen molar-refractivity contribution in [3.8, 4) is 0 Å². The van der Waals surface area contributed by atoms with Crippen LogP contribution in [0.1, 0.15) is 0 Å². The third-order valence-electron chi connectivity index (χ3n) is 1.17. The fraction of sp³-hybridized carbons (Fsp3) is 1.00. The topological polar surface area (TPSA) is 135 Å². The Bertz CT molecular complexity index is 386. The molecule has 0 rings (SSSR count). The minimum Gasteiger partial charge on any atom is -0.362 e. The molecule has 0 aromatic heterocycles. The molecule has 0 fully saturated rings. The minimum atomic E-state index is -3.82. The van der Waals surface area contributed by atoms with E-state index in [9.17, 15) is 16.8 Å². The first-order valence-corrected chi connectivity index (χ1v) is 7.38. The Morgan fingerprint density at radius 3 is 2.00 bits per heavy atom. The van der Waals surface area contributed by atoms with Gasteiger partial charge in [0.1, 0.15) is 6.61 Å². The van der Waals surface area contributed by atoms with Gasteiger partial charge >= 0.3 is 0 Å². The monoisotopic (exact) mass is 264 g/mol. The van der Waals surface area contributed by atoms with Crippen LogP contribution in [0, 0.1) is 0 Å². The Balaban J connectivity index is 4.17. The molecule has 0 saturated carbocycles. The molecule has 0 aromatic rings. The highest BCUT2D eigenvalue weighted by Gasteiger charge is 2.24. The summed E-state index contributed by atoms with van der Waals surface area (Å²) in [6, 6.07) is -1.03. The lowest BCUT2D eigenvalue weighted by Crippen LogP contribution is -2.69. The lowest BCUT2D eigenvalue weighted by atomic mass is 10.3. The summed E-state index contributed by atoms with van der Waals surface area (Å²) in [7, 11) is -7.47. The summed E-state index contributed by atoms with van der Waals surface area (Å²) in [5.74, 6) is 0. The van der Waals surface area contributed by atoms with Crippen molar-refractivity contribution in [2.75, 3.05) is 19.1 Å². The van der Waals surface area contributed by atoms with Gasteiger partial charge in [-0.25, -0.2) is 4.18 Å². The van der Waals surface area contributed by atoms with Gasteiger partial charge in [0.25, 0.3) is 20.2 Å². The Morgan fingerprint density at radius 2 is 1.67 bits per heavy atom. The molecule has 0 aliphatic heterocycles. The molecule has 0 saturated heterocycles. The maximum atomic E-state index is 10.6. The summed E-state index contributed by atoms with van der Waals surface area (Å²) in [5.41, 5.74) is 3.30. The van der Waals surface area contributed by atoms with Crippen LogP contribution >= 0.6 is 0 Å². The molecule has 0 aliphatic rings. The predicted molar refractivity (Wildman–Crippen MR) is 49.4 cm³/mol. The van der Waals surface area contributed by atoms with E-state index in [4.69, 9.17) is 5.11 Å². The summed E-state index contributed by atoms with van der Waals surface area (Å²) in [4.78, 5) is 0. The molecule has 92 valence electrons. The van der Waals surface area contributed by atoms with Crippen LogP contribution in [0.25, 0.3) is 0 Å². The molecule has 0 amide bonds. The van der Waals surface area contributed by atoms with E-state index >= 15 is 0 Å². The van der Waals surface area contributed by atoms with Crippen LogP contribution in [-0.2, 0) is 28.6 Å². The molecule has 0 heterocycles. The van der Waals surface area contributed by atoms with Gasteiger partial charge in [-0.05, 0) is 0 Å². The first kappa shape index (κ1) is 14.7. The maximum absolute atomic E-state index is 10.6. The molecule has 4 N–H and O–H groups in total. The molecular formula is C5H14NO7S2+. The van der Waals surface area contributed by atoms with Crippen LogP contribution in [-0.4, -0.2) is 53.4 Å². The minimum absolute atomic E-state index is 0.463. The van der Waals surface area contributed by atoms with Gasteiger partial charge in [-0.2, -0.15) is 16.8 Å². The number of aliphatic hydroxyl groups is 1. The lowest BCUT2D eigenvalue weighted by molar-refractivity contribution is -0.456. The zero-order valence-corrected chi connectivity index (χ0v) is 9.92. The summed E-state index contributed by atoms with van der Waals surface area (Å²) in [6.07, 6.45) is -0.161. The van der Waals surface area contributed by atoms with E-state index in [1.165, 1.54) is 0 Å². The fourth-order valence-corrected chi connectivity index (χ4v) is 1.49. The SMILES string of the molecule is CS(=O)(=O)OCC([NH3+])C(O)OS(C)(=O)=O. The van der Waals surface area contributed by atoms with Gasteiger partial charge in [0, 0.05) is 0 Å². The molecule has 15 heavy (non-hydrogen) atoms. The number of aliphatic hydroxyl groups excluding tert-OH is 1. The van der Waals surface area contributed by atoms with Crippen molar-refractivity contribution in [2.45, 2.75) is 12.3 Å². The first-order chi connectivity index (χ1) is 6.51. The van der Waals surface area contributed by atoms with Crippen molar-refractivity contribution in [1.82, 2.24) is 0 Å². The average Bonchev–Trinajstić information content (AvgIpc) is 1.95. The number of rotatable bonds is 6. The summed E-state index contributed by atoms with van der Waals surface area (Å²) < 4.78 is 50.7. The van der Waals surface area contributed by atoms with Crippen LogP contribution < -0.4 is 5.73 Å². The van der Waals surface area contributed by atoms with E-state index in [1.807, 2.05) is 0 Å². The van der Waals surface area contributed by atoms with E-state index in [2.05, 4.69) is 14.1 Å². The maximum Gasteiger partial charge on any atom is 0.267 e. The largest absolute Gasteiger partial charge is 0.362 e. The van der Waals surface area contributed by atoms with E-state index in [1.54, 1.807) is 0 Å². The second kappa shape index (κ2) is 5.18. The van der Waals surface area contributed by atoms with Crippen LogP contribution in [0.3, 0.4) is 0 Å². The van der Waals surface area contributed by atoms with Crippen molar-refractivity contribution in [3.63, 3.8) is 0 Å². The molecule has 0 bridgehead atoms. The molecule has 8 nitrogen and oxygen atoms in total. The standard InChI is InChI=1S/C5H13NO7S2/c1-14(8,9)12-3-4(6)5(7)13-15(2,10)11/h4-5,7H,3,6H2,1-2H3/p+1. The molecule has 0 spiro atoms. The van der Waals surface area contributed by atoms with Gasteiger partial charge in [-0.3, -0.25) is 4.18 Å². The van der Waals surface area contributed by atoms with Crippen LogP contribution in [0.5, 0.6) is 0 Å². The predicted octanol–water partition coefficient (Wildman–Crippen LogP) is -3.13. The van der Waals surface area contributed by atoms with Crippen LogP contribution in [0.15, 0.2) is 0 Å². The van der Waals surface area contributed by atoms with Gasteiger partial charge in [0.15, 0.2) is 6.04 Å². The van der Waals surface area contributed by atoms with Crippen LogP contribution in [0.4, 0.5) is 0 Å². The Morgan fingerprint density at radius 1 is 1.20 bits per heavy atom. The zero-order valence-electron chi connectivity index (χ0n) is 8.28. The van der Waals surface area contributed by atoms with Gasteiger partial charge in [0.05, 0.1) is 12.5 Å². The number of quaternary nitrogens is 1. The molecule has 2 unspecified atom stereocenters. The second-order valence-electron chi connectivity index (χ2n) is 2.94. The normalized spacial score (nSPS) is 17.3. The highest BCUT2D eigenvalue weighted by Crippen LogP contribution is 1.99. The first-order valence-electron chi connectivity index (χ1n) is 3.75. The highest BCUT2D eigenvalue weighted by molar-refractivity contribution is 7.86.